The van der Waals surface area contributed by atoms with Crippen molar-refractivity contribution in [2.24, 2.45) is 0 Å². The fraction of sp³-hybridized carbons (Fsp3) is 0.138. The average molecular weight is 512 g/mol. The summed E-state index contributed by atoms with van der Waals surface area (Å²) < 4.78 is 11.9. The number of nitrogens with zero attached hydrogens (tertiary/aromatic N) is 2. The quantitative estimate of drug-likeness (QED) is 0.289. The monoisotopic (exact) mass is 511 g/mol. The molecule has 0 fully saturated rings. The maximum atomic E-state index is 13.6. The minimum absolute atomic E-state index is 0.261. The van der Waals surface area contributed by atoms with E-state index >= 15 is 0 Å². The third kappa shape index (κ3) is 4.71. The number of hydrogen-bond donors (Lipinski definition) is 1. The zero-order valence-electron chi connectivity index (χ0n) is 20.6. The maximum Gasteiger partial charge on any atom is 0.263 e. The van der Waals surface area contributed by atoms with Gasteiger partial charge in [0.1, 0.15) is 10.9 Å². The third-order valence-electron chi connectivity index (χ3n) is 6.27. The van der Waals surface area contributed by atoms with E-state index < -0.39 is 6.04 Å². The van der Waals surface area contributed by atoms with Gasteiger partial charge >= 0.3 is 0 Å². The summed E-state index contributed by atoms with van der Waals surface area (Å²) in [4.78, 5) is 31.7. The standard InChI is InChI=1S/C29H25N3O4S/c1-18(27(33)31-22-13-14-24(35-2)25(15-22)36-3)32-17-30-28-26(29(32)34)23(16-37-28)21-11-9-20(10-12-21)19-7-5-4-6-8-19/h4-18H,1-3H3,(H,31,33). The van der Waals surface area contributed by atoms with Gasteiger partial charge in [0.2, 0.25) is 5.91 Å². The second-order valence-electron chi connectivity index (χ2n) is 8.46. The lowest BCUT2D eigenvalue weighted by Gasteiger charge is -2.16. The topological polar surface area (TPSA) is 82.5 Å². The van der Waals surface area contributed by atoms with E-state index in [4.69, 9.17) is 9.47 Å². The third-order valence-corrected chi connectivity index (χ3v) is 7.16. The van der Waals surface area contributed by atoms with Crippen LogP contribution in [0.25, 0.3) is 32.5 Å². The number of rotatable bonds is 7. The molecule has 186 valence electrons. The molecule has 0 aliphatic carbocycles. The molecule has 1 amide bonds. The van der Waals surface area contributed by atoms with Crippen molar-refractivity contribution in [1.82, 2.24) is 9.55 Å². The normalized spacial score (nSPS) is 11.8. The van der Waals surface area contributed by atoms with Crippen LogP contribution in [0.1, 0.15) is 13.0 Å². The number of aromatic nitrogens is 2. The zero-order chi connectivity index (χ0) is 25.9. The fourth-order valence-electron chi connectivity index (χ4n) is 4.19. The molecule has 1 N–H and O–H groups in total. The summed E-state index contributed by atoms with van der Waals surface area (Å²) in [5, 5.41) is 5.29. The van der Waals surface area contributed by atoms with Gasteiger partial charge in [-0.05, 0) is 35.7 Å². The lowest BCUT2D eigenvalue weighted by atomic mass is 10.0. The molecule has 37 heavy (non-hydrogen) atoms. The molecule has 5 aromatic rings. The van der Waals surface area contributed by atoms with Crippen molar-refractivity contribution in [3.8, 4) is 33.8 Å². The molecule has 3 aromatic carbocycles. The smallest absolute Gasteiger partial charge is 0.263 e. The maximum absolute atomic E-state index is 13.6. The molecule has 2 aromatic heterocycles. The second-order valence-corrected chi connectivity index (χ2v) is 9.32. The molecule has 1 atom stereocenters. The Balaban J connectivity index is 1.44. The molecule has 7 nitrogen and oxygen atoms in total. The van der Waals surface area contributed by atoms with Crippen LogP contribution in [0.4, 0.5) is 5.69 Å². The molecule has 2 heterocycles. The van der Waals surface area contributed by atoms with E-state index in [1.165, 1.54) is 29.3 Å². The van der Waals surface area contributed by atoms with Crippen LogP contribution in [-0.2, 0) is 4.79 Å². The lowest BCUT2D eigenvalue weighted by Crippen LogP contribution is -2.31. The van der Waals surface area contributed by atoms with Crippen molar-refractivity contribution in [3.05, 3.63) is 94.9 Å². The molecule has 1 unspecified atom stereocenters. The molecule has 0 spiro atoms. The summed E-state index contributed by atoms with van der Waals surface area (Å²) in [7, 11) is 3.07. The van der Waals surface area contributed by atoms with Gasteiger partial charge < -0.3 is 14.8 Å². The van der Waals surface area contributed by atoms with Crippen LogP contribution in [0, 0.1) is 0 Å². The molecule has 0 saturated carbocycles. The number of anilines is 1. The van der Waals surface area contributed by atoms with Gasteiger partial charge in [-0.1, -0.05) is 54.6 Å². The second kappa shape index (κ2) is 10.3. The number of carbonyl (C=O) groups is 1. The first-order valence-electron chi connectivity index (χ1n) is 11.7. The SMILES string of the molecule is COc1ccc(NC(=O)C(C)n2cnc3scc(-c4ccc(-c5ccccc5)cc4)c3c2=O)cc1OC. The Bertz CT molecular complexity index is 1630. The molecule has 8 heteroatoms. The average Bonchev–Trinajstić information content (AvgIpc) is 3.38. The van der Waals surface area contributed by atoms with E-state index in [9.17, 15) is 9.59 Å². The largest absolute Gasteiger partial charge is 0.493 e. The fourth-order valence-corrected chi connectivity index (χ4v) is 5.10. The van der Waals surface area contributed by atoms with Gasteiger partial charge in [-0.15, -0.1) is 11.3 Å². The minimum Gasteiger partial charge on any atom is -0.493 e. The summed E-state index contributed by atoms with van der Waals surface area (Å²) in [5.74, 6) is 0.704. The number of carbonyl (C=O) groups excluding carboxylic acids is 1. The molecule has 5 rings (SSSR count). The van der Waals surface area contributed by atoms with Gasteiger partial charge in [-0.2, -0.15) is 0 Å². The van der Waals surface area contributed by atoms with Crippen molar-refractivity contribution in [2.75, 3.05) is 19.5 Å². The Morgan fingerprint density at radius 3 is 2.30 bits per heavy atom. The van der Waals surface area contributed by atoms with E-state index in [1.807, 2.05) is 47.8 Å². The van der Waals surface area contributed by atoms with Gasteiger partial charge in [-0.25, -0.2) is 4.98 Å². The Hall–Kier alpha value is -4.43. The molecular formula is C29H25N3O4S. The Morgan fingerprint density at radius 2 is 1.59 bits per heavy atom. The summed E-state index contributed by atoms with van der Waals surface area (Å²) in [5.41, 5.74) is 4.22. The van der Waals surface area contributed by atoms with Crippen LogP contribution in [-0.4, -0.2) is 29.7 Å². The van der Waals surface area contributed by atoms with E-state index in [2.05, 4.69) is 22.4 Å². The van der Waals surface area contributed by atoms with Gasteiger partial charge in [0, 0.05) is 22.7 Å². The van der Waals surface area contributed by atoms with Crippen LogP contribution in [0.2, 0.25) is 0 Å². The van der Waals surface area contributed by atoms with Crippen molar-refractivity contribution in [1.29, 1.82) is 0 Å². The van der Waals surface area contributed by atoms with Crippen molar-refractivity contribution in [3.63, 3.8) is 0 Å². The predicted molar refractivity (Wildman–Crippen MR) is 148 cm³/mol. The number of thiophene rings is 1. The van der Waals surface area contributed by atoms with Crippen LogP contribution >= 0.6 is 11.3 Å². The van der Waals surface area contributed by atoms with E-state index in [1.54, 1.807) is 32.2 Å². The first-order chi connectivity index (χ1) is 18.0. The zero-order valence-corrected chi connectivity index (χ0v) is 21.4. The highest BCUT2D eigenvalue weighted by Crippen LogP contribution is 2.33. The number of ether oxygens (including phenoxy) is 2. The van der Waals surface area contributed by atoms with Crippen LogP contribution in [0.5, 0.6) is 11.5 Å². The van der Waals surface area contributed by atoms with Gasteiger partial charge in [0.15, 0.2) is 11.5 Å². The van der Waals surface area contributed by atoms with Gasteiger partial charge in [-0.3, -0.25) is 14.2 Å². The van der Waals surface area contributed by atoms with E-state index in [0.29, 0.717) is 27.4 Å². The first-order valence-corrected chi connectivity index (χ1v) is 12.5. The van der Waals surface area contributed by atoms with Crippen LogP contribution in [0.15, 0.2) is 89.3 Å². The Labute approximate surface area is 217 Å². The van der Waals surface area contributed by atoms with Gasteiger partial charge in [0.25, 0.3) is 5.56 Å². The number of benzene rings is 3. The highest BCUT2D eigenvalue weighted by molar-refractivity contribution is 7.17. The Kier molecular flexibility index (Phi) is 6.74. The summed E-state index contributed by atoms with van der Waals surface area (Å²) in [6.07, 6.45) is 1.43. The number of methoxy groups -OCH3 is 2. The molecule has 0 bridgehead atoms. The van der Waals surface area contributed by atoms with Crippen molar-refractivity contribution >= 4 is 33.1 Å². The first kappa shape index (κ1) is 24.3. The predicted octanol–water partition coefficient (Wildman–Crippen LogP) is 6.01. The molecule has 0 aliphatic rings. The molecular weight excluding hydrogens is 486 g/mol. The molecule has 0 saturated heterocycles. The summed E-state index contributed by atoms with van der Waals surface area (Å²) in [6.45, 7) is 1.67. The molecule has 0 aliphatic heterocycles. The highest BCUT2D eigenvalue weighted by Gasteiger charge is 2.21. The highest BCUT2D eigenvalue weighted by atomic mass is 32.1. The molecule has 0 radical (unpaired) electrons. The lowest BCUT2D eigenvalue weighted by molar-refractivity contribution is -0.118. The van der Waals surface area contributed by atoms with Crippen molar-refractivity contribution < 1.29 is 14.3 Å². The van der Waals surface area contributed by atoms with Crippen LogP contribution < -0.4 is 20.3 Å². The number of nitrogens with one attached hydrogen (secondary N) is 1. The van der Waals surface area contributed by atoms with E-state index in [-0.39, 0.29) is 11.5 Å². The number of amides is 1. The van der Waals surface area contributed by atoms with Gasteiger partial charge in [0.05, 0.1) is 25.9 Å². The summed E-state index contributed by atoms with van der Waals surface area (Å²) >= 11 is 1.41. The van der Waals surface area contributed by atoms with Crippen LogP contribution in [0.3, 0.4) is 0 Å². The van der Waals surface area contributed by atoms with E-state index in [0.717, 1.165) is 22.3 Å². The van der Waals surface area contributed by atoms with Crippen molar-refractivity contribution in [2.45, 2.75) is 13.0 Å². The summed E-state index contributed by atoms with van der Waals surface area (Å²) in [6, 6.07) is 22.5. The Morgan fingerprint density at radius 1 is 0.919 bits per heavy atom. The minimum atomic E-state index is -0.786. The number of hydrogen-bond acceptors (Lipinski definition) is 6. The number of fused-ring (bicyclic) bond motifs is 1.